The summed E-state index contributed by atoms with van der Waals surface area (Å²) in [5.74, 6) is 2.85. The van der Waals surface area contributed by atoms with Gasteiger partial charge in [0, 0.05) is 42.4 Å². The van der Waals surface area contributed by atoms with Crippen molar-refractivity contribution in [2.75, 3.05) is 20.4 Å². The van der Waals surface area contributed by atoms with E-state index >= 15 is 0 Å². The number of hydrogen-bond acceptors (Lipinski definition) is 10. The van der Waals surface area contributed by atoms with E-state index in [4.69, 9.17) is 18.9 Å². The Morgan fingerprint density at radius 1 is 1.12 bits per heavy atom. The van der Waals surface area contributed by atoms with Crippen LogP contribution in [-0.4, -0.2) is 51.4 Å². The summed E-state index contributed by atoms with van der Waals surface area (Å²) in [6.45, 7) is 2.03. The molecular formula is C29H26N6O6. The van der Waals surface area contributed by atoms with Gasteiger partial charge in [-0.25, -0.2) is 4.68 Å². The van der Waals surface area contributed by atoms with E-state index in [0.717, 1.165) is 53.1 Å². The van der Waals surface area contributed by atoms with Crippen molar-refractivity contribution in [3.63, 3.8) is 0 Å². The molecule has 12 nitrogen and oxygen atoms in total. The predicted molar refractivity (Wildman–Crippen MR) is 147 cm³/mol. The lowest BCUT2D eigenvalue weighted by Crippen LogP contribution is -2.40. The van der Waals surface area contributed by atoms with Gasteiger partial charge in [-0.1, -0.05) is 0 Å². The molecule has 0 saturated carbocycles. The minimum Gasteiger partial charge on any atom is -0.493 e. The largest absolute Gasteiger partial charge is 0.493 e. The maximum absolute atomic E-state index is 11.1. The van der Waals surface area contributed by atoms with Crippen molar-refractivity contribution in [2.45, 2.75) is 32.0 Å². The van der Waals surface area contributed by atoms with E-state index in [2.05, 4.69) is 32.3 Å². The fraction of sp³-hybridized carbons (Fsp3) is 0.276. The van der Waals surface area contributed by atoms with Gasteiger partial charge in [0.1, 0.15) is 19.3 Å². The predicted octanol–water partition coefficient (Wildman–Crippen LogP) is 4.04. The molecule has 1 atom stereocenters. The summed E-state index contributed by atoms with van der Waals surface area (Å²) in [6.07, 6.45) is 6.50. The number of ether oxygens (including phenoxy) is 4. The first-order valence-corrected chi connectivity index (χ1v) is 13.2. The lowest BCUT2D eigenvalue weighted by Gasteiger charge is -2.42. The average Bonchev–Trinajstić information content (AvgIpc) is 3.69. The number of nitro benzene ring substituents is 1. The molecule has 3 aromatic carbocycles. The molecule has 0 spiro atoms. The van der Waals surface area contributed by atoms with Gasteiger partial charge in [0.25, 0.3) is 5.69 Å². The number of non-ortho nitro benzene ring substituents is 1. The van der Waals surface area contributed by atoms with Crippen molar-refractivity contribution in [3.05, 3.63) is 98.6 Å². The molecule has 0 N–H and O–H groups in total. The summed E-state index contributed by atoms with van der Waals surface area (Å²) in [7, 11) is 1.62. The summed E-state index contributed by atoms with van der Waals surface area (Å²) >= 11 is 0. The monoisotopic (exact) mass is 554 g/mol. The molecule has 7 rings (SSSR count). The van der Waals surface area contributed by atoms with Crippen LogP contribution in [0.3, 0.4) is 0 Å². The van der Waals surface area contributed by atoms with Crippen molar-refractivity contribution < 1.29 is 23.9 Å². The maximum atomic E-state index is 11.1. The standard InChI is InChI=1S/C29H26N6O6/c1-38-28-9-20(12-32-34-15-30-31-16-34)22-10-25-23-11-27-26(40-17-41-27)8-19(23)6-7-33(25)13-24(22)29(28)39-14-18-2-4-21(5-3-18)35(36)37/h2-5,8-9,11-12,15-16,25H,6-7,10,13-14,17H2,1H3/b32-12+. The summed E-state index contributed by atoms with van der Waals surface area (Å²) in [6, 6.07) is 12.7. The van der Waals surface area contributed by atoms with Gasteiger partial charge in [-0.2, -0.15) is 5.10 Å². The van der Waals surface area contributed by atoms with E-state index in [1.165, 1.54) is 35.9 Å². The Balaban J connectivity index is 1.28. The molecule has 3 aliphatic rings. The lowest BCUT2D eigenvalue weighted by atomic mass is 9.82. The number of benzene rings is 3. The zero-order chi connectivity index (χ0) is 27.9. The average molecular weight is 555 g/mol. The number of nitro groups is 1. The number of rotatable bonds is 7. The molecular weight excluding hydrogens is 528 g/mol. The van der Waals surface area contributed by atoms with Gasteiger partial charge < -0.3 is 18.9 Å². The SMILES string of the molecule is COc1cc(/C=N/n2cnnc2)c2c(c1OCc1ccc([N+](=O)[O-])cc1)CN1CCc3cc4c(cc3C1C2)OCO4. The van der Waals surface area contributed by atoms with Crippen LogP contribution in [0.5, 0.6) is 23.0 Å². The molecule has 0 amide bonds. The van der Waals surface area contributed by atoms with Gasteiger partial charge in [0.15, 0.2) is 23.0 Å². The van der Waals surface area contributed by atoms with Crippen molar-refractivity contribution in [1.82, 2.24) is 19.8 Å². The Morgan fingerprint density at radius 2 is 1.90 bits per heavy atom. The Kier molecular flexibility index (Phi) is 6.23. The van der Waals surface area contributed by atoms with Gasteiger partial charge in [-0.3, -0.25) is 15.0 Å². The van der Waals surface area contributed by atoms with E-state index in [-0.39, 0.29) is 25.1 Å². The van der Waals surface area contributed by atoms with Crippen LogP contribution < -0.4 is 18.9 Å². The lowest BCUT2D eigenvalue weighted by molar-refractivity contribution is -0.384. The normalized spacial score (nSPS) is 17.1. The summed E-state index contributed by atoms with van der Waals surface area (Å²) < 4.78 is 25.1. The topological polar surface area (TPSA) is 126 Å². The molecule has 1 aromatic heterocycles. The number of fused-ring (bicyclic) bond motifs is 5. The number of nitrogens with zero attached hydrogens (tertiary/aromatic N) is 6. The van der Waals surface area contributed by atoms with E-state index in [1.54, 1.807) is 30.1 Å². The molecule has 12 heteroatoms. The summed E-state index contributed by atoms with van der Waals surface area (Å²) in [5, 5.41) is 23.3. The van der Waals surface area contributed by atoms with Crippen LogP contribution in [0.15, 0.2) is 60.2 Å². The highest BCUT2D eigenvalue weighted by Crippen LogP contribution is 2.47. The highest BCUT2D eigenvalue weighted by molar-refractivity contribution is 5.84. The van der Waals surface area contributed by atoms with E-state index in [9.17, 15) is 10.1 Å². The van der Waals surface area contributed by atoms with Crippen molar-refractivity contribution in [3.8, 4) is 23.0 Å². The molecule has 0 fully saturated rings. The Morgan fingerprint density at radius 3 is 2.66 bits per heavy atom. The minimum atomic E-state index is -0.412. The number of methoxy groups -OCH3 is 1. The van der Waals surface area contributed by atoms with Gasteiger partial charge in [-0.05, 0) is 65.4 Å². The third-order valence-corrected chi connectivity index (χ3v) is 7.85. The fourth-order valence-electron chi connectivity index (χ4n) is 5.81. The van der Waals surface area contributed by atoms with Crippen LogP contribution in [0.2, 0.25) is 0 Å². The van der Waals surface area contributed by atoms with Crippen LogP contribution >= 0.6 is 0 Å². The molecule has 1 unspecified atom stereocenters. The maximum Gasteiger partial charge on any atom is 0.269 e. The van der Waals surface area contributed by atoms with Crippen LogP contribution in [-0.2, 0) is 26.0 Å². The van der Waals surface area contributed by atoms with Gasteiger partial charge >= 0.3 is 0 Å². The van der Waals surface area contributed by atoms with E-state index in [1.807, 2.05) is 6.07 Å². The summed E-state index contributed by atoms with van der Waals surface area (Å²) in [4.78, 5) is 13.1. The molecule has 41 heavy (non-hydrogen) atoms. The van der Waals surface area contributed by atoms with Crippen molar-refractivity contribution in [1.29, 1.82) is 0 Å². The van der Waals surface area contributed by atoms with E-state index < -0.39 is 4.92 Å². The molecule has 0 bridgehead atoms. The highest BCUT2D eigenvalue weighted by Gasteiger charge is 2.37. The molecule has 0 aliphatic carbocycles. The van der Waals surface area contributed by atoms with Gasteiger partial charge in [0.2, 0.25) is 6.79 Å². The molecule has 0 radical (unpaired) electrons. The first-order valence-electron chi connectivity index (χ1n) is 13.2. The summed E-state index contributed by atoms with van der Waals surface area (Å²) in [5.41, 5.74) is 6.46. The van der Waals surface area contributed by atoms with Gasteiger partial charge in [-0.15, -0.1) is 10.2 Å². The molecule has 208 valence electrons. The number of hydrogen-bond donors (Lipinski definition) is 0. The second-order valence-electron chi connectivity index (χ2n) is 10.1. The quantitative estimate of drug-likeness (QED) is 0.189. The zero-order valence-corrected chi connectivity index (χ0v) is 22.2. The first kappa shape index (κ1) is 25.0. The Labute approximate surface area is 234 Å². The smallest absolute Gasteiger partial charge is 0.269 e. The molecule has 4 heterocycles. The van der Waals surface area contributed by atoms with Crippen molar-refractivity contribution in [2.24, 2.45) is 5.10 Å². The second kappa shape index (κ2) is 10.2. The van der Waals surface area contributed by atoms with Crippen molar-refractivity contribution >= 4 is 11.9 Å². The second-order valence-corrected chi connectivity index (χ2v) is 10.1. The Hall–Kier alpha value is -4.97. The third-order valence-electron chi connectivity index (χ3n) is 7.85. The van der Waals surface area contributed by atoms with Crippen LogP contribution in [0.25, 0.3) is 0 Å². The molecule has 0 saturated heterocycles. The zero-order valence-electron chi connectivity index (χ0n) is 22.2. The third kappa shape index (κ3) is 4.61. The molecule has 3 aliphatic heterocycles. The minimum absolute atomic E-state index is 0.0412. The van der Waals surface area contributed by atoms with Crippen LogP contribution in [0.1, 0.15) is 39.4 Å². The molecule has 4 aromatic rings. The highest BCUT2D eigenvalue weighted by atomic mass is 16.7. The van der Waals surface area contributed by atoms with Crippen LogP contribution in [0, 0.1) is 10.1 Å². The number of aromatic nitrogens is 3. The Bertz CT molecular complexity index is 1650. The van der Waals surface area contributed by atoms with E-state index in [0.29, 0.717) is 18.0 Å². The van der Waals surface area contributed by atoms with Gasteiger partial charge in [0.05, 0.1) is 18.2 Å². The fourth-order valence-corrected chi connectivity index (χ4v) is 5.81. The van der Waals surface area contributed by atoms with Crippen LogP contribution in [0.4, 0.5) is 5.69 Å². The first-order chi connectivity index (χ1) is 20.1.